The molecule has 4 aliphatic carbocycles. The number of ether oxygens (including phenoxy) is 4. The van der Waals surface area contributed by atoms with Crippen LogP contribution in [0.15, 0.2) is 195 Å². The zero-order valence-electron chi connectivity index (χ0n) is 87.0. The van der Waals surface area contributed by atoms with Crippen LogP contribution in [-0.2, 0) is 93.5 Å². The van der Waals surface area contributed by atoms with Gasteiger partial charge >= 0.3 is 143 Å². The molecule has 23 heteroatoms. The summed E-state index contributed by atoms with van der Waals surface area (Å²) in [6.07, 6.45) is 37.3. The van der Waals surface area contributed by atoms with E-state index in [2.05, 4.69) is 346 Å². The summed E-state index contributed by atoms with van der Waals surface area (Å²) < 4.78 is 23.3. The molecule has 0 aliphatic heterocycles. The van der Waals surface area contributed by atoms with Crippen molar-refractivity contribution in [1.82, 2.24) is 0 Å². The van der Waals surface area contributed by atoms with Crippen LogP contribution in [0, 0.1) is 29.7 Å². The van der Waals surface area contributed by atoms with E-state index in [1.54, 1.807) is 5.57 Å². The summed E-state index contributed by atoms with van der Waals surface area (Å²) >= 11 is -2.22. The third kappa shape index (κ3) is 55.9. The van der Waals surface area contributed by atoms with Crippen molar-refractivity contribution in [1.29, 1.82) is 0 Å². The van der Waals surface area contributed by atoms with Gasteiger partial charge in [0.2, 0.25) is 0 Å². The molecule has 0 amide bonds. The van der Waals surface area contributed by atoms with Crippen LogP contribution in [0.3, 0.4) is 0 Å². The first-order valence-corrected chi connectivity index (χ1v) is 73.2. The van der Waals surface area contributed by atoms with Crippen LogP contribution in [-0.4, -0.2) is 97.7 Å². The molecule has 0 spiro atoms. The standard InChI is InChI=1S/C28H40NOSi.C27H38NOSi.C26H42NO.C25H40NOSi.4CH3.8ClH.4Ti/c1-28(2,3)30-20-14-7-6-13-19-29-31(4,5)27-22-24(21-23-15-9-8-10-16-23)25-17-11-12-18-26(25)27;1-27(2,3)29-20-14-7-6-9-15-22-21-26(25-19-13-12-18-24(22)25)30(4,5)28-23-16-10-8-11-17-23;1-24(2,3)27-26(7,8)23-19-20(21-16-12-13-17-22(21)23)15-11-9-10-14-18-28-25(4,5)6;1-7-8-18-26-28(5,6)24-20-21(22-16-12-13-17-23(22)24)15-11-9-10-14-19-27-25(2,3)4;;;;;;;;;;;;;;;;/h8-12,15-18,22,27H,6-7,13-14,19-21H2,1-5H3;8,10-13,16-19,21,26H,6-7,9,14-15,20H2,1-5H3;12-13,16-17,19,23H,9-11,14-15,18H2,1-8H3;7,12-13,16-17,20,24H,1,8-11,14-15,18-19H2,2-6H3;4*1H3;8*1H;;;;/q8*-1;;;;;;;;;4*+2/p-8. The molecule has 0 aromatic heterocycles. The molecule has 4 unspecified atom stereocenters. The van der Waals surface area contributed by atoms with Gasteiger partial charge in [-0.25, -0.2) is 0 Å². The Morgan fingerprint density at radius 1 is 0.331 bits per heavy atom. The van der Waals surface area contributed by atoms with Gasteiger partial charge in [-0.2, -0.15) is 6.54 Å². The number of rotatable bonds is 42. The number of halogens is 8. The Morgan fingerprint density at radius 2 is 0.609 bits per heavy atom. The summed E-state index contributed by atoms with van der Waals surface area (Å²) in [4.78, 5) is 15.7. The van der Waals surface area contributed by atoms with Crippen molar-refractivity contribution in [2.75, 3.05) is 39.5 Å². The molecule has 0 bridgehead atoms. The summed E-state index contributed by atoms with van der Waals surface area (Å²) in [6, 6.07) is 57.3. The summed E-state index contributed by atoms with van der Waals surface area (Å²) in [5.74, 6) is 0.373. The third-order valence-electron chi connectivity index (χ3n) is 22.7. The SMILES string of the molecule is C=CCC[N-][Si](C)(C)C1C=C(CCCCCCOC(C)(C)C)c2ccccc21.CC(C)(C)OCCCCCCC1=CC([Si](C)(C)[N-]c2ccccc2)c2ccccc21.CC(C)(C)OCCCCCC[N-][Si](C)(C)C1C=C(Cc2ccccc2)c2ccccc21.CC(C)(C)[N-]C(C)(C)C1C=C(CCCCCCOC(C)(C)C)c2ccccc21.[CH3-].[CH3-].[CH3-].[CH3-].[Cl][Ti][Cl].[Cl][Ti][Cl].[Cl][Ti][Cl].[Cl][Ti][Cl]. The van der Waals surface area contributed by atoms with E-state index < -0.39 is 92.8 Å². The topological polar surface area (TPSA) is 93.3 Å². The normalized spacial score (nSPS) is 15.1. The van der Waals surface area contributed by atoms with Gasteiger partial charge in [0, 0.05) is 26.4 Å². The Labute approximate surface area is 886 Å². The summed E-state index contributed by atoms with van der Waals surface area (Å²) in [5.41, 5.74) is 21.6. The Bertz CT molecular complexity index is 4180. The van der Waals surface area contributed by atoms with Gasteiger partial charge in [0.05, 0.1) is 22.4 Å². The molecule has 4 atom stereocenters. The minimum absolute atomic E-state index is 0. The van der Waals surface area contributed by atoms with Gasteiger partial charge in [-0.1, -0.05) is 343 Å². The molecule has 10 rings (SSSR count). The van der Waals surface area contributed by atoms with Crippen molar-refractivity contribution in [2.24, 2.45) is 0 Å². The first kappa shape index (κ1) is 134. The third-order valence-corrected chi connectivity index (χ3v) is 31.6. The number of benzene rings is 6. The summed E-state index contributed by atoms with van der Waals surface area (Å²) in [6.45, 7) is 60.4. The fraction of sp³-hybridized carbons (Fsp3) is 0.545. The van der Waals surface area contributed by atoms with E-state index in [1.165, 1.54) is 163 Å². The van der Waals surface area contributed by atoms with E-state index >= 15 is 0 Å². The van der Waals surface area contributed by atoms with Crippen molar-refractivity contribution in [2.45, 2.75) is 348 Å². The van der Waals surface area contributed by atoms with Crippen molar-refractivity contribution >= 4 is 127 Å². The number of allylic oxidation sites excluding steroid dienone is 7. The van der Waals surface area contributed by atoms with E-state index in [0.717, 1.165) is 83.7 Å². The molecule has 6 aromatic carbocycles. The zero-order valence-corrected chi connectivity index (χ0v) is 102. The van der Waals surface area contributed by atoms with Gasteiger partial charge < -0.3 is 68.9 Å². The van der Waals surface area contributed by atoms with Crippen LogP contribution in [0.2, 0.25) is 39.3 Å². The molecule has 0 radical (unpaired) electrons. The van der Waals surface area contributed by atoms with Crippen LogP contribution in [0.4, 0.5) is 5.69 Å². The predicted molar refractivity (Wildman–Crippen MR) is 592 cm³/mol. The van der Waals surface area contributed by atoms with Gasteiger partial charge in [0.25, 0.3) is 0 Å². The molecule has 748 valence electrons. The minimum atomic E-state index is -1.86. The van der Waals surface area contributed by atoms with Crippen LogP contribution < -0.4 is 0 Å². The number of unbranched alkanes of at least 4 members (excludes halogenated alkanes) is 12. The monoisotopic (exact) mass is 2170 g/mol. The molecule has 0 N–H and O–H groups in total. The molecular formula is C110H172Cl8N4O4Si3Ti4-8. The van der Waals surface area contributed by atoms with Crippen LogP contribution in [0.25, 0.3) is 42.6 Å². The second-order valence-electron chi connectivity index (χ2n) is 40.9. The van der Waals surface area contributed by atoms with Crippen molar-refractivity contribution in [3.05, 3.63) is 295 Å². The summed E-state index contributed by atoms with van der Waals surface area (Å²) in [5, 5.41) is 5.15. The van der Waals surface area contributed by atoms with E-state index in [0.29, 0.717) is 22.5 Å². The molecule has 0 saturated carbocycles. The molecule has 0 heterocycles. The molecule has 133 heavy (non-hydrogen) atoms. The van der Waals surface area contributed by atoms with Gasteiger partial charge in [-0.05, 0) is 257 Å². The van der Waals surface area contributed by atoms with Crippen LogP contribution in [0.5, 0.6) is 0 Å². The Morgan fingerprint density at radius 3 is 0.955 bits per heavy atom. The quantitative estimate of drug-likeness (QED) is 0.0165. The van der Waals surface area contributed by atoms with E-state index in [9.17, 15) is 0 Å². The van der Waals surface area contributed by atoms with E-state index in [-0.39, 0.29) is 63.2 Å². The molecule has 4 aliphatic rings. The maximum atomic E-state index is 5.84. The fourth-order valence-corrected chi connectivity index (χ4v) is 24.6. The average Bonchev–Trinajstić information content (AvgIpc) is 1.64. The predicted octanol–water partition coefficient (Wildman–Crippen LogP) is 39.1. The van der Waals surface area contributed by atoms with Crippen molar-refractivity contribution < 1.29 is 87.1 Å². The Balaban J connectivity index is 0. The van der Waals surface area contributed by atoms with Gasteiger partial charge in [-0.15, -0.1) is 29.9 Å². The van der Waals surface area contributed by atoms with Crippen molar-refractivity contribution in [3.63, 3.8) is 0 Å². The Kier molecular flexibility index (Phi) is 71.7. The van der Waals surface area contributed by atoms with E-state index in [4.69, 9.17) is 114 Å². The van der Waals surface area contributed by atoms with Gasteiger partial charge in [0.1, 0.15) is 0 Å². The average molecular weight is 2170 g/mol. The second-order valence-corrected chi connectivity index (χ2v) is 63.9. The zero-order chi connectivity index (χ0) is 96.4. The molecule has 8 nitrogen and oxygen atoms in total. The first-order valence-electron chi connectivity index (χ1n) is 47.0. The molecule has 6 aromatic rings. The number of nitrogens with zero attached hydrogens (tertiary/aromatic N) is 4. The van der Waals surface area contributed by atoms with Gasteiger partial charge in [0.15, 0.2) is 0 Å². The Hall–Kier alpha value is -0.632. The van der Waals surface area contributed by atoms with Crippen LogP contribution in [0.1, 0.15) is 319 Å². The number of hydrogen-bond acceptors (Lipinski definition) is 4. The maximum absolute atomic E-state index is 5.84. The molecule has 0 saturated heterocycles. The number of hydrogen-bond donors (Lipinski definition) is 0. The fourth-order valence-electron chi connectivity index (χ4n) is 17.0. The molecular weight excluding hydrogens is 2000 g/mol. The van der Waals surface area contributed by atoms with Crippen molar-refractivity contribution in [3.8, 4) is 0 Å². The van der Waals surface area contributed by atoms with Crippen LogP contribution >= 0.6 is 74.4 Å². The first-order chi connectivity index (χ1) is 60.8. The second kappa shape index (κ2) is 71.0. The molecule has 0 fully saturated rings. The van der Waals surface area contributed by atoms with Gasteiger partial charge in [-0.3, -0.25) is 0 Å². The summed E-state index contributed by atoms with van der Waals surface area (Å²) in [7, 11) is 33.8. The van der Waals surface area contributed by atoms with E-state index in [1.807, 2.05) is 6.08 Å². The number of fused-ring (bicyclic) bond motifs is 4.